The second-order valence-electron chi connectivity index (χ2n) is 7.50. The van der Waals surface area contributed by atoms with E-state index in [1.165, 1.54) is 24.0 Å². The van der Waals surface area contributed by atoms with Crippen LogP contribution in [0.3, 0.4) is 0 Å². The van der Waals surface area contributed by atoms with Gasteiger partial charge >= 0.3 is 6.18 Å². The molecule has 29 heavy (non-hydrogen) atoms. The van der Waals surface area contributed by atoms with Crippen LogP contribution in [0.5, 0.6) is 0 Å². The molecule has 2 unspecified atom stereocenters. The Bertz CT molecular complexity index is 797. The van der Waals surface area contributed by atoms with Crippen LogP contribution in [-0.4, -0.2) is 53.2 Å². The van der Waals surface area contributed by atoms with Crippen molar-refractivity contribution in [3.63, 3.8) is 0 Å². The first-order valence-corrected chi connectivity index (χ1v) is 9.69. The maximum absolute atomic E-state index is 13.2. The molecule has 0 bridgehead atoms. The van der Waals surface area contributed by atoms with E-state index in [2.05, 4.69) is 5.32 Å². The van der Waals surface area contributed by atoms with Crippen LogP contribution in [0, 0.1) is 0 Å². The quantitative estimate of drug-likeness (QED) is 0.810. The molecule has 0 saturated carbocycles. The van der Waals surface area contributed by atoms with Crippen LogP contribution in [0.25, 0.3) is 0 Å². The van der Waals surface area contributed by atoms with Gasteiger partial charge in [0.05, 0.1) is 11.6 Å². The molecular formula is C20H24F3N3O3. The second-order valence-corrected chi connectivity index (χ2v) is 7.50. The van der Waals surface area contributed by atoms with Crippen molar-refractivity contribution >= 4 is 17.7 Å². The van der Waals surface area contributed by atoms with Gasteiger partial charge in [0.2, 0.25) is 17.7 Å². The van der Waals surface area contributed by atoms with Gasteiger partial charge in [-0.1, -0.05) is 12.1 Å². The van der Waals surface area contributed by atoms with Gasteiger partial charge in [0.15, 0.2) is 0 Å². The van der Waals surface area contributed by atoms with Crippen LogP contribution in [0.2, 0.25) is 0 Å². The Balaban J connectivity index is 1.84. The Kier molecular flexibility index (Phi) is 6.14. The predicted octanol–water partition coefficient (Wildman–Crippen LogP) is 2.50. The van der Waals surface area contributed by atoms with Crippen molar-refractivity contribution in [1.82, 2.24) is 15.1 Å². The molecule has 2 aliphatic heterocycles. The van der Waals surface area contributed by atoms with Gasteiger partial charge in [-0.15, -0.1) is 0 Å². The minimum absolute atomic E-state index is 0.0811. The van der Waals surface area contributed by atoms with Gasteiger partial charge in [-0.25, -0.2) is 0 Å². The standard InChI is InChI=1S/C20H24F3N3O3/c1-13(27)26-10-3-7-17(26)19(29)24-16(12-25-9-4-8-18(25)28)14-5-2-6-15(11-14)20(21,22)23/h2,5-6,11,16-17H,3-4,7-10,12H2,1H3,(H,24,29). The molecule has 1 N–H and O–H groups in total. The summed E-state index contributed by atoms with van der Waals surface area (Å²) < 4.78 is 39.5. The Labute approximate surface area is 167 Å². The lowest BCUT2D eigenvalue weighted by atomic mass is 10.0. The Morgan fingerprint density at radius 2 is 2.00 bits per heavy atom. The lowest BCUT2D eigenvalue weighted by Crippen LogP contribution is -2.48. The molecular weight excluding hydrogens is 387 g/mol. The molecule has 1 aromatic rings. The van der Waals surface area contributed by atoms with Crippen molar-refractivity contribution in [3.8, 4) is 0 Å². The van der Waals surface area contributed by atoms with E-state index in [0.717, 1.165) is 12.1 Å². The van der Waals surface area contributed by atoms with Gasteiger partial charge in [0, 0.05) is 33.0 Å². The maximum Gasteiger partial charge on any atom is 0.416 e. The number of hydrogen-bond donors (Lipinski definition) is 1. The molecule has 3 amide bonds. The van der Waals surface area contributed by atoms with Crippen molar-refractivity contribution < 1.29 is 27.6 Å². The summed E-state index contributed by atoms with van der Waals surface area (Å²) in [4.78, 5) is 39.7. The summed E-state index contributed by atoms with van der Waals surface area (Å²) >= 11 is 0. The number of alkyl halides is 3. The fourth-order valence-electron chi connectivity index (χ4n) is 3.97. The molecule has 6 nitrogen and oxygen atoms in total. The van der Waals surface area contributed by atoms with Crippen molar-refractivity contribution in [2.45, 2.75) is 50.9 Å². The van der Waals surface area contributed by atoms with Gasteiger partial charge in [-0.3, -0.25) is 14.4 Å². The highest BCUT2D eigenvalue weighted by atomic mass is 19.4. The Morgan fingerprint density at radius 1 is 1.24 bits per heavy atom. The van der Waals surface area contributed by atoms with E-state index in [1.54, 1.807) is 4.90 Å². The van der Waals surface area contributed by atoms with Crippen LogP contribution < -0.4 is 5.32 Å². The van der Waals surface area contributed by atoms with Crippen LogP contribution in [0.15, 0.2) is 24.3 Å². The average molecular weight is 411 g/mol. The van der Waals surface area contributed by atoms with Gasteiger partial charge in [0.1, 0.15) is 6.04 Å². The van der Waals surface area contributed by atoms with Crippen molar-refractivity contribution in [2.24, 2.45) is 0 Å². The number of rotatable bonds is 5. The fourth-order valence-corrected chi connectivity index (χ4v) is 3.97. The molecule has 2 aliphatic rings. The van der Waals surface area contributed by atoms with Crippen molar-refractivity contribution in [2.75, 3.05) is 19.6 Å². The second kappa shape index (κ2) is 8.42. The molecule has 2 atom stereocenters. The number of halogens is 3. The SMILES string of the molecule is CC(=O)N1CCCC1C(=O)NC(CN1CCCC1=O)c1cccc(C(F)(F)F)c1. The predicted molar refractivity (Wildman–Crippen MR) is 98.6 cm³/mol. The molecule has 158 valence electrons. The highest BCUT2D eigenvalue weighted by Crippen LogP contribution is 2.31. The Hall–Kier alpha value is -2.58. The van der Waals surface area contributed by atoms with Gasteiger partial charge in [0.25, 0.3) is 0 Å². The van der Waals surface area contributed by atoms with Crippen LogP contribution >= 0.6 is 0 Å². The smallest absolute Gasteiger partial charge is 0.346 e. The maximum atomic E-state index is 13.2. The number of hydrogen-bond acceptors (Lipinski definition) is 3. The topological polar surface area (TPSA) is 69.7 Å². The van der Waals surface area contributed by atoms with Crippen molar-refractivity contribution in [1.29, 1.82) is 0 Å². The minimum Gasteiger partial charge on any atom is -0.346 e. The molecule has 2 heterocycles. The molecule has 1 aromatic carbocycles. The lowest BCUT2D eigenvalue weighted by molar-refractivity contribution is -0.138. The van der Waals surface area contributed by atoms with Gasteiger partial charge in [-0.2, -0.15) is 13.2 Å². The van der Waals surface area contributed by atoms with E-state index in [4.69, 9.17) is 0 Å². The third-order valence-corrected chi connectivity index (χ3v) is 5.47. The molecule has 9 heteroatoms. The zero-order valence-corrected chi connectivity index (χ0v) is 16.2. The Morgan fingerprint density at radius 3 is 2.62 bits per heavy atom. The number of nitrogens with one attached hydrogen (secondary N) is 1. The number of carbonyl (C=O) groups excluding carboxylic acids is 3. The van der Waals surface area contributed by atoms with E-state index in [-0.39, 0.29) is 23.9 Å². The van der Waals surface area contributed by atoms with E-state index in [1.807, 2.05) is 0 Å². The van der Waals surface area contributed by atoms with Crippen LogP contribution in [0.4, 0.5) is 13.2 Å². The largest absolute Gasteiger partial charge is 0.416 e. The third kappa shape index (κ3) is 4.89. The van der Waals surface area contributed by atoms with E-state index < -0.39 is 29.7 Å². The van der Waals surface area contributed by atoms with Gasteiger partial charge in [-0.05, 0) is 37.0 Å². The van der Waals surface area contributed by atoms with E-state index >= 15 is 0 Å². The zero-order valence-electron chi connectivity index (χ0n) is 16.2. The molecule has 0 aliphatic carbocycles. The summed E-state index contributed by atoms with van der Waals surface area (Å²) in [6, 6.07) is 3.34. The molecule has 0 spiro atoms. The van der Waals surface area contributed by atoms with Crippen LogP contribution in [0.1, 0.15) is 49.8 Å². The summed E-state index contributed by atoms with van der Waals surface area (Å²) in [5.74, 6) is -0.706. The van der Waals surface area contributed by atoms with Crippen LogP contribution in [-0.2, 0) is 20.6 Å². The van der Waals surface area contributed by atoms with Gasteiger partial charge < -0.3 is 15.1 Å². The number of likely N-dealkylation sites (tertiary alicyclic amines) is 2. The minimum atomic E-state index is -4.51. The summed E-state index contributed by atoms with van der Waals surface area (Å²) in [5.41, 5.74) is -0.534. The highest BCUT2D eigenvalue weighted by Gasteiger charge is 2.35. The average Bonchev–Trinajstić information content (AvgIpc) is 3.30. The molecule has 3 rings (SSSR count). The summed E-state index contributed by atoms with van der Waals surface area (Å²) in [5, 5.41) is 2.79. The lowest BCUT2D eigenvalue weighted by Gasteiger charge is -2.29. The van der Waals surface area contributed by atoms with Crippen molar-refractivity contribution in [3.05, 3.63) is 35.4 Å². The summed E-state index contributed by atoms with van der Waals surface area (Å²) in [6.45, 7) is 2.47. The number of benzene rings is 1. The summed E-state index contributed by atoms with van der Waals surface area (Å²) in [7, 11) is 0. The first-order valence-electron chi connectivity index (χ1n) is 9.69. The number of nitrogens with zero attached hydrogens (tertiary/aromatic N) is 2. The first-order chi connectivity index (χ1) is 13.7. The summed E-state index contributed by atoms with van der Waals surface area (Å²) in [6.07, 6.45) is -2.24. The fraction of sp³-hybridized carbons (Fsp3) is 0.550. The van der Waals surface area contributed by atoms with E-state index in [9.17, 15) is 27.6 Å². The molecule has 2 saturated heterocycles. The number of amides is 3. The number of carbonyl (C=O) groups is 3. The third-order valence-electron chi connectivity index (χ3n) is 5.47. The monoisotopic (exact) mass is 411 g/mol. The molecule has 0 aromatic heterocycles. The first kappa shape index (κ1) is 21.1. The normalized spacial score (nSPS) is 20.8. The molecule has 0 radical (unpaired) electrons. The highest BCUT2D eigenvalue weighted by molar-refractivity contribution is 5.87. The zero-order chi connectivity index (χ0) is 21.2. The van der Waals surface area contributed by atoms with E-state index in [0.29, 0.717) is 38.8 Å². The molecule has 2 fully saturated rings.